The number of carboxylic acids is 1. The number of alkyl halides is 3. The number of ether oxygens (including phenoxy) is 1. The molecule has 0 unspecified atom stereocenters. The first-order valence-corrected chi connectivity index (χ1v) is 13.7. The summed E-state index contributed by atoms with van der Waals surface area (Å²) in [7, 11) is -3.33. The summed E-state index contributed by atoms with van der Waals surface area (Å²) >= 11 is 0. The van der Waals surface area contributed by atoms with Gasteiger partial charge < -0.3 is 20.1 Å². The van der Waals surface area contributed by atoms with E-state index in [9.17, 15) is 30.4 Å². The molecule has 0 aliphatic carbocycles. The number of hydrogen-bond acceptors (Lipinski definition) is 10. The molecule has 3 N–H and O–H groups in total. The Morgan fingerprint density at radius 2 is 1.72 bits per heavy atom. The minimum Gasteiger partial charge on any atom is -0.480 e. The number of rotatable bonds is 6. The highest BCUT2D eigenvalue weighted by Crippen LogP contribution is 2.32. The summed E-state index contributed by atoms with van der Waals surface area (Å²) in [5.74, 6) is -4.58. The van der Waals surface area contributed by atoms with E-state index in [1.165, 1.54) is 25.7 Å². The summed E-state index contributed by atoms with van der Waals surface area (Å²) in [5, 5.41) is 10.4. The van der Waals surface area contributed by atoms with Crippen molar-refractivity contribution < 1.29 is 45.0 Å². The molecule has 4 heterocycles. The van der Waals surface area contributed by atoms with Crippen LogP contribution in [0.1, 0.15) is 0 Å². The topological polar surface area (TPSA) is 160 Å². The summed E-state index contributed by atoms with van der Waals surface area (Å²) in [4.78, 5) is 27.5. The average molecular weight is 628 g/mol. The first kappa shape index (κ1) is 31.2. The average Bonchev–Trinajstić information content (AvgIpc) is 2.96. The number of aliphatic carboxylic acids is 1. The molecule has 0 saturated carbocycles. The molecule has 5 rings (SSSR count). The lowest BCUT2D eigenvalue weighted by molar-refractivity contribution is -0.192. The van der Waals surface area contributed by atoms with Crippen LogP contribution in [0.5, 0.6) is 5.88 Å². The predicted octanol–water partition coefficient (Wildman–Crippen LogP) is 3.22. The maximum atomic E-state index is 14.2. The van der Waals surface area contributed by atoms with Crippen LogP contribution in [0.25, 0.3) is 22.3 Å². The second-order valence-corrected chi connectivity index (χ2v) is 10.4. The maximum Gasteiger partial charge on any atom is 0.490 e. The number of sulfonamides is 1. The van der Waals surface area contributed by atoms with Crippen LogP contribution in [-0.2, 0) is 14.8 Å². The molecule has 1 aliphatic rings. The van der Waals surface area contributed by atoms with E-state index in [1.807, 2.05) is 0 Å². The van der Waals surface area contributed by atoms with E-state index in [-0.39, 0.29) is 11.6 Å². The zero-order valence-corrected chi connectivity index (χ0v) is 22.9. The summed E-state index contributed by atoms with van der Waals surface area (Å²) in [6.07, 6.45) is -2.13. The molecule has 0 radical (unpaired) electrons. The highest BCUT2D eigenvalue weighted by atomic mass is 32.2. The number of halogens is 5. The minimum absolute atomic E-state index is 0.0790. The van der Waals surface area contributed by atoms with Crippen molar-refractivity contribution in [1.82, 2.24) is 25.3 Å². The maximum absolute atomic E-state index is 14.2. The van der Waals surface area contributed by atoms with Crippen molar-refractivity contribution in [3.8, 4) is 17.1 Å². The fourth-order valence-corrected chi connectivity index (χ4v) is 5.15. The zero-order chi connectivity index (χ0) is 31.4. The minimum atomic E-state index is -5.08. The van der Waals surface area contributed by atoms with Crippen molar-refractivity contribution in [2.75, 3.05) is 42.9 Å². The van der Waals surface area contributed by atoms with Gasteiger partial charge in [-0.3, -0.25) is 4.72 Å². The number of fused-ring (bicyclic) bond motifs is 1. The molecule has 0 atom stereocenters. The smallest absolute Gasteiger partial charge is 0.480 e. The lowest BCUT2D eigenvalue weighted by Gasteiger charge is -2.28. The lowest BCUT2D eigenvalue weighted by atomic mass is 10.1. The van der Waals surface area contributed by atoms with Gasteiger partial charge >= 0.3 is 12.1 Å². The highest BCUT2D eigenvalue weighted by Gasteiger charge is 2.38. The molecule has 43 heavy (non-hydrogen) atoms. The van der Waals surface area contributed by atoms with E-state index in [4.69, 9.17) is 19.6 Å². The van der Waals surface area contributed by atoms with Gasteiger partial charge in [-0.2, -0.15) is 13.2 Å². The van der Waals surface area contributed by atoms with E-state index in [0.717, 1.165) is 44.4 Å². The number of methoxy groups -OCH3 is 1. The molecule has 1 saturated heterocycles. The van der Waals surface area contributed by atoms with Gasteiger partial charge in [-0.1, -0.05) is 6.07 Å². The van der Waals surface area contributed by atoms with Gasteiger partial charge in [0.25, 0.3) is 10.0 Å². The fraction of sp³-hybridized carbons (Fsp3) is 0.240. The molecule has 1 aliphatic heterocycles. The van der Waals surface area contributed by atoms with E-state index >= 15 is 0 Å². The first-order valence-electron chi connectivity index (χ1n) is 12.2. The monoisotopic (exact) mass is 627 g/mol. The van der Waals surface area contributed by atoms with E-state index in [2.05, 4.69) is 29.9 Å². The molecule has 0 amide bonds. The quantitative estimate of drug-likeness (QED) is 0.270. The highest BCUT2D eigenvalue weighted by molar-refractivity contribution is 7.92. The second kappa shape index (κ2) is 12.7. The third kappa shape index (κ3) is 7.20. The first-order chi connectivity index (χ1) is 20.3. The van der Waals surface area contributed by atoms with E-state index < -0.39 is 38.7 Å². The SMILES string of the molecule is COc1ncc(-c2ccc3ncnc(N4CCNCC4)c3n2)cc1NS(=O)(=O)c1c(F)cccc1F.O=C(O)C(F)(F)F. The predicted molar refractivity (Wildman–Crippen MR) is 143 cm³/mol. The Morgan fingerprint density at radius 3 is 2.33 bits per heavy atom. The molecule has 4 aromatic rings. The van der Waals surface area contributed by atoms with E-state index in [1.54, 1.807) is 12.1 Å². The van der Waals surface area contributed by atoms with Crippen LogP contribution in [0.3, 0.4) is 0 Å². The van der Waals surface area contributed by atoms with Gasteiger partial charge in [0.15, 0.2) is 10.7 Å². The number of nitrogens with zero attached hydrogens (tertiary/aromatic N) is 5. The second-order valence-electron chi connectivity index (χ2n) is 8.74. The van der Waals surface area contributed by atoms with Crippen LogP contribution in [0.2, 0.25) is 0 Å². The van der Waals surface area contributed by atoms with Gasteiger partial charge in [0.2, 0.25) is 5.88 Å². The zero-order valence-electron chi connectivity index (χ0n) is 22.1. The van der Waals surface area contributed by atoms with Crippen molar-refractivity contribution in [2.45, 2.75) is 11.1 Å². The fourth-order valence-electron chi connectivity index (χ4n) is 3.96. The van der Waals surface area contributed by atoms with Gasteiger partial charge in [-0.25, -0.2) is 41.9 Å². The number of nitrogens with one attached hydrogen (secondary N) is 2. The largest absolute Gasteiger partial charge is 0.490 e. The number of aromatic nitrogens is 4. The van der Waals surface area contributed by atoms with Gasteiger partial charge in [0.1, 0.15) is 29.2 Å². The number of anilines is 2. The molecule has 12 nitrogen and oxygen atoms in total. The molecule has 0 bridgehead atoms. The van der Waals surface area contributed by atoms with Crippen molar-refractivity contribution in [3.63, 3.8) is 0 Å². The summed E-state index contributed by atoms with van der Waals surface area (Å²) < 4.78 is 93.1. The Kier molecular flexibility index (Phi) is 9.19. The van der Waals surface area contributed by atoms with Crippen molar-refractivity contribution in [1.29, 1.82) is 0 Å². The van der Waals surface area contributed by atoms with Crippen molar-refractivity contribution >= 4 is 38.5 Å². The van der Waals surface area contributed by atoms with Gasteiger partial charge in [-0.05, 0) is 30.3 Å². The van der Waals surface area contributed by atoms with Crippen LogP contribution >= 0.6 is 0 Å². The standard InChI is InChI=1S/C23H21F2N7O3S.C2HF3O2/c1-35-23-19(31-36(33,34)21-15(24)3-2-4-16(21)25)11-14(12-27-23)17-5-6-18-20(30-17)22(29-13-28-18)32-9-7-26-8-10-32;3-2(4,5)1(6)7/h2-6,11-13,26,31H,7-10H2,1H3;(H,6,7). The van der Waals surface area contributed by atoms with Crippen molar-refractivity contribution in [2.24, 2.45) is 0 Å². The van der Waals surface area contributed by atoms with Gasteiger partial charge in [-0.15, -0.1) is 0 Å². The van der Waals surface area contributed by atoms with Crippen LogP contribution < -0.4 is 19.7 Å². The molecule has 18 heteroatoms. The number of piperazine rings is 1. The Balaban J connectivity index is 0.000000541. The van der Waals surface area contributed by atoms with Crippen LogP contribution in [-0.4, -0.2) is 78.9 Å². The molecule has 3 aromatic heterocycles. The van der Waals surface area contributed by atoms with Crippen molar-refractivity contribution in [3.05, 3.63) is 60.6 Å². The number of hydrogen-bond donors (Lipinski definition) is 3. The Hall–Kier alpha value is -4.71. The summed E-state index contributed by atoms with van der Waals surface area (Å²) in [6, 6.07) is 7.74. The van der Waals surface area contributed by atoms with E-state index in [0.29, 0.717) is 28.1 Å². The molecule has 1 aromatic carbocycles. The molecular formula is C25H22F5N7O5S. The van der Waals surface area contributed by atoms with Crippen LogP contribution in [0.4, 0.5) is 33.5 Å². The third-order valence-corrected chi connectivity index (χ3v) is 7.31. The number of pyridine rings is 2. The number of carbonyl (C=O) groups is 1. The van der Waals surface area contributed by atoms with Gasteiger partial charge in [0.05, 0.1) is 18.3 Å². The van der Waals surface area contributed by atoms with Gasteiger partial charge in [0, 0.05) is 37.9 Å². The molecule has 1 fully saturated rings. The third-order valence-electron chi connectivity index (χ3n) is 5.89. The number of carboxylic acid groups (broad SMARTS) is 1. The molecular weight excluding hydrogens is 605 g/mol. The Morgan fingerprint density at radius 1 is 1.07 bits per heavy atom. The Labute approximate surface area is 240 Å². The summed E-state index contributed by atoms with van der Waals surface area (Å²) in [5.41, 5.74) is 2.05. The van der Waals surface area contributed by atoms with Crippen LogP contribution in [0, 0.1) is 11.6 Å². The summed E-state index contributed by atoms with van der Waals surface area (Å²) in [6.45, 7) is 3.17. The lowest BCUT2D eigenvalue weighted by Crippen LogP contribution is -2.44. The van der Waals surface area contributed by atoms with Crippen LogP contribution in [0.15, 0.2) is 53.8 Å². The Bertz CT molecular complexity index is 1730. The number of benzene rings is 1. The molecule has 228 valence electrons. The molecule has 0 spiro atoms. The normalized spacial score (nSPS) is 13.7.